The van der Waals surface area contributed by atoms with Gasteiger partial charge < -0.3 is 4.74 Å². The third-order valence-corrected chi connectivity index (χ3v) is 2.71. The average molecular weight is 296 g/mol. The lowest BCUT2D eigenvalue weighted by Gasteiger charge is -1.97. The lowest BCUT2D eigenvalue weighted by Crippen LogP contribution is -2.04. The van der Waals surface area contributed by atoms with Crippen LogP contribution in [0.4, 0.5) is 0 Å². The summed E-state index contributed by atoms with van der Waals surface area (Å²) in [6.07, 6.45) is 1.67. The van der Waals surface area contributed by atoms with Crippen molar-refractivity contribution >= 4 is 21.9 Å². The van der Waals surface area contributed by atoms with Crippen molar-refractivity contribution in [3.63, 3.8) is 0 Å². The predicted octanol–water partition coefficient (Wildman–Crippen LogP) is 2.41. The van der Waals surface area contributed by atoms with Crippen LogP contribution in [0.3, 0.4) is 0 Å². The minimum Gasteiger partial charge on any atom is -0.461 e. The fourth-order valence-corrected chi connectivity index (χ4v) is 1.79. The number of hydrogen-bond acceptors (Lipinski definition) is 4. The van der Waals surface area contributed by atoms with Crippen molar-refractivity contribution in [3.8, 4) is 11.4 Å². The van der Waals surface area contributed by atoms with Gasteiger partial charge in [0.1, 0.15) is 17.1 Å². The van der Waals surface area contributed by atoms with Crippen LogP contribution in [0.15, 0.2) is 28.9 Å². The third-order valence-electron chi connectivity index (χ3n) is 2.07. The van der Waals surface area contributed by atoms with Crippen LogP contribution in [0, 0.1) is 0 Å². The molecule has 0 aliphatic carbocycles. The molecule has 0 unspecified atom stereocenters. The van der Waals surface area contributed by atoms with Gasteiger partial charge in [-0.15, -0.1) is 0 Å². The highest BCUT2D eigenvalue weighted by Gasteiger charge is 2.13. The molecule has 2 rings (SSSR count). The normalized spacial score (nSPS) is 10.2. The number of esters is 1. The summed E-state index contributed by atoms with van der Waals surface area (Å²) in [4.78, 5) is 15.6. The standard InChI is InChI=1S/C11H10BrN3O2/c1-2-17-11(16)9-6-8(14-15-9)10-7(12)4-3-5-13-10/h3-6H,2H2,1H3,(H,14,15). The molecule has 0 aromatic carbocycles. The van der Waals surface area contributed by atoms with Crippen LogP contribution in [0.25, 0.3) is 11.4 Å². The summed E-state index contributed by atoms with van der Waals surface area (Å²) in [6, 6.07) is 5.29. The Balaban J connectivity index is 2.30. The Morgan fingerprint density at radius 3 is 3.12 bits per heavy atom. The number of pyridine rings is 1. The molecular formula is C11H10BrN3O2. The van der Waals surface area contributed by atoms with Crippen LogP contribution in [0.2, 0.25) is 0 Å². The summed E-state index contributed by atoms with van der Waals surface area (Å²) in [5, 5.41) is 6.66. The first kappa shape index (κ1) is 11.8. The number of hydrogen-bond donors (Lipinski definition) is 1. The molecule has 2 heterocycles. The van der Waals surface area contributed by atoms with Gasteiger partial charge >= 0.3 is 5.97 Å². The molecule has 0 amide bonds. The highest BCUT2D eigenvalue weighted by atomic mass is 79.9. The number of nitrogens with zero attached hydrogens (tertiary/aromatic N) is 2. The highest BCUT2D eigenvalue weighted by Crippen LogP contribution is 2.24. The first-order chi connectivity index (χ1) is 8.22. The number of rotatable bonds is 3. The number of carbonyl (C=O) groups excluding carboxylic acids is 1. The van der Waals surface area contributed by atoms with E-state index in [1.165, 1.54) is 0 Å². The van der Waals surface area contributed by atoms with Crippen molar-refractivity contribution < 1.29 is 9.53 Å². The maximum atomic E-state index is 11.4. The zero-order valence-electron chi connectivity index (χ0n) is 9.11. The lowest BCUT2D eigenvalue weighted by atomic mass is 10.2. The van der Waals surface area contributed by atoms with Gasteiger partial charge in [0.25, 0.3) is 0 Å². The van der Waals surface area contributed by atoms with Crippen LogP contribution in [0.1, 0.15) is 17.4 Å². The van der Waals surface area contributed by atoms with Gasteiger partial charge in [-0.05, 0) is 35.0 Å². The van der Waals surface area contributed by atoms with Crippen molar-refractivity contribution in [2.75, 3.05) is 6.61 Å². The van der Waals surface area contributed by atoms with E-state index in [1.807, 2.05) is 12.1 Å². The minimum atomic E-state index is -0.418. The number of halogens is 1. The van der Waals surface area contributed by atoms with Crippen LogP contribution >= 0.6 is 15.9 Å². The topological polar surface area (TPSA) is 67.9 Å². The number of nitrogens with one attached hydrogen (secondary N) is 1. The van der Waals surface area contributed by atoms with Crippen LogP contribution in [0.5, 0.6) is 0 Å². The maximum Gasteiger partial charge on any atom is 0.356 e. The van der Waals surface area contributed by atoms with E-state index in [0.29, 0.717) is 23.7 Å². The maximum absolute atomic E-state index is 11.4. The van der Waals surface area contributed by atoms with Crippen LogP contribution in [-0.2, 0) is 4.74 Å². The van der Waals surface area contributed by atoms with Gasteiger partial charge in [0.15, 0.2) is 0 Å². The molecule has 0 spiro atoms. The second-order valence-corrected chi connectivity index (χ2v) is 4.08. The molecule has 0 saturated carbocycles. The first-order valence-electron chi connectivity index (χ1n) is 5.05. The van der Waals surface area contributed by atoms with E-state index in [0.717, 1.165) is 4.47 Å². The Kier molecular flexibility index (Phi) is 3.53. The first-order valence-corrected chi connectivity index (χ1v) is 5.85. The van der Waals surface area contributed by atoms with E-state index in [-0.39, 0.29) is 0 Å². The van der Waals surface area contributed by atoms with Crippen molar-refractivity contribution in [2.24, 2.45) is 0 Å². The number of carbonyl (C=O) groups is 1. The van der Waals surface area contributed by atoms with E-state index in [1.54, 1.807) is 19.2 Å². The number of aromatic nitrogens is 3. The van der Waals surface area contributed by atoms with Crippen LogP contribution in [-0.4, -0.2) is 27.8 Å². The Labute approximate surface area is 106 Å². The Morgan fingerprint density at radius 1 is 1.59 bits per heavy atom. The monoisotopic (exact) mass is 295 g/mol. The molecule has 1 N–H and O–H groups in total. The smallest absolute Gasteiger partial charge is 0.356 e. The Hall–Kier alpha value is -1.69. The number of ether oxygens (including phenoxy) is 1. The van der Waals surface area contributed by atoms with Gasteiger partial charge in [-0.25, -0.2) is 4.79 Å². The molecule has 2 aromatic rings. The van der Waals surface area contributed by atoms with Crippen molar-refractivity contribution in [1.82, 2.24) is 15.2 Å². The summed E-state index contributed by atoms with van der Waals surface area (Å²) in [5.74, 6) is -0.418. The molecule has 88 valence electrons. The van der Waals surface area contributed by atoms with Crippen molar-refractivity contribution in [1.29, 1.82) is 0 Å². The molecular weight excluding hydrogens is 286 g/mol. The summed E-state index contributed by atoms with van der Waals surface area (Å²) >= 11 is 3.38. The zero-order chi connectivity index (χ0) is 12.3. The van der Waals surface area contributed by atoms with Crippen LogP contribution < -0.4 is 0 Å². The number of H-pyrrole nitrogens is 1. The van der Waals surface area contributed by atoms with E-state index in [2.05, 4.69) is 31.1 Å². The van der Waals surface area contributed by atoms with Gasteiger partial charge in [0.05, 0.1) is 6.61 Å². The highest BCUT2D eigenvalue weighted by molar-refractivity contribution is 9.10. The Bertz CT molecular complexity index is 539. The molecule has 5 nitrogen and oxygen atoms in total. The third kappa shape index (κ3) is 2.52. The van der Waals surface area contributed by atoms with Crippen molar-refractivity contribution in [3.05, 3.63) is 34.6 Å². The number of aromatic amines is 1. The molecule has 0 atom stereocenters. The summed E-state index contributed by atoms with van der Waals surface area (Å²) in [6.45, 7) is 2.09. The molecule has 0 saturated heterocycles. The molecule has 17 heavy (non-hydrogen) atoms. The SMILES string of the molecule is CCOC(=O)c1cc(-c2ncccc2Br)n[nH]1. The van der Waals surface area contributed by atoms with Gasteiger partial charge in [-0.3, -0.25) is 10.1 Å². The quantitative estimate of drug-likeness (QED) is 0.883. The van der Waals surface area contributed by atoms with E-state index in [4.69, 9.17) is 4.74 Å². The van der Waals surface area contributed by atoms with Gasteiger partial charge in [0, 0.05) is 16.7 Å². The molecule has 2 aromatic heterocycles. The van der Waals surface area contributed by atoms with Gasteiger partial charge in [-0.2, -0.15) is 5.10 Å². The largest absolute Gasteiger partial charge is 0.461 e. The fourth-order valence-electron chi connectivity index (χ4n) is 1.33. The molecule has 6 heteroatoms. The molecule has 0 bridgehead atoms. The zero-order valence-corrected chi connectivity index (χ0v) is 10.7. The van der Waals surface area contributed by atoms with E-state index in [9.17, 15) is 4.79 Å². The summed E-state index contributed by atoms with van der Waals surface area (Å²) in [5.41, 5.74) is 1.60. The fraction of sp³-hybridized carbons (Fsp3) is 0.182. The van der Waals surface area contributed by atoms with E-state index < -0.39 is 5.97 Å². The molecule has 0 radical (unpaired) electrons. The van der Waals surface area contributed by atoms with Gasteiger partial charge in [0.2, 0.25) is 0 Å². The van der Waals surface area contributed by atoms with E-state index >= 15 is 0 Å². The summed E-state index contributed by atoms with van der Waals surface area (Å²) < 4.78 is 5.69. The lowest BCUT2D eigenvalue weighted by molar-refractivity contribution is 0.0519. The summed E-state index contributed by atoms with van der Waals surface area (Å²) in [7, 11) is 0. The van der Waals surface area contributed by atoms with Crippen molar-refractivity contribution in [2.45, 2.75) is 6.92 Å². The second-order valence-electron chi connectivity index (χ2n) is 3.22. The molecule has 0 aliphatic rings. The predicted molar refractivity (Wildman–Crippen MR) is 65.5 cm³/mol. The van der Waals surface area contributed by atoms with Gasteiger partial charge in [-0.1, -0.05) is 0 Å². The molecule has 0 aliphatic heterocycles. The molecule has 0 fully saturated rings. The average Bonchev–Trinajstić information content (AvgIpc) is 2.79. The minimum absolute atomic E-state index is 0.319. The Morgan fingerprint density at radius 2 is 2.41 bits per heavy atom. The second kappa shape index (κ2) is 5.09.